The molecule has 2 atom stereocenters. The zero-order chi connectivity index (χ0) is 25.8. The van der Waals surface area contributed by atoms with Gasteiger partial charge in [-0.2, -0.15) is 5.10 Å². The smallest absolute Gasteiger partial charge is 0.410 e. The molecule has 2 aliphatic heterocycles. The summed E-state index contributed by atoms with van der Waals surface area (Å²) < 4.78 is 21.9. The first kappa shape index (κ1) is 24.3. The summed E-state index contributed by atoms with van der Waals surface area (Å²) in [7, 11) is 1.90. The molecule has 1 aromatic heterocycles. The van der Waals surface area contributed by atoms with E-state index >= 15 is 0 Å². The van der Waals surface area contributed by atoms with E-state index in [1.165, 1.54) is 12.1 Å². The number of aryl methyl sites for hydroxylation is 1. The minimum Gasteiger partial charge on any atom is -0.444 e. The first-order chi connectivity index (χ1) is 17.0. The molecule has 5 rings (SSSR count). The maximum atomic E-state index is 14.4. The Morgan fingerprint density at radius 1 is 1.14 bits per heavy atom. The molecule has 3 aromatic rings. The van der Waals surface area contributed by atoms with Crippen molar-refractivity contribution < 1.29 is 18.7 Å². The number of hydrogen-bond acceptors (Lipinski definition) is 4. The van der Waals surface area contributed by atoms with Crippen molar-refractivity contribution >= 4 is 28.6 Å². The Morgan fingerprint density at radius 2 is 1.92 bits per heavy atom. The van der Waals surface area contributed by atoms with E-state index in [9.17, 15) is 14.0 Å². The van der Waals surface area contributed by atoms with Gasteiger partial charge < -0.3 is 14.5 Å². The van der Waals surface area contributed by atoms with Gasteiger partial charge in [-0.3, -0.25) is 9.48 Å². The maximum absolute atomic E-state index is 14.4. The molecule has 0 aliphatic carbocycles. The lowest BCUT2D eigenvalue weighted by atomic mass is 9.91. The lowest BCUT2D eigenvalue weighted by Crippen LogP contribution is -2.35. The zero-order valence-corrected chi connectivity index (χ0v) is 21.5. The number of anilines is 1. The molecule has 2 amide bonds. The summed E-state index contributed by atoms with van der Waals surface area (Å²) >= 11 is 0. The highest BCUT2D eigenvalue weighted by atomic mass is 19.1. The van der Waals surface area contributed by atoms with Gasteiger partial charge in [0, 0.05) is 49.5 Å². The summed E-state index contributed by atoms with van der Waals surface area (Å²) in [5.41, 5.74) is 3.80. The van der Waals surface area contributed by atoms with E-state index in [2.05, 4.69) is 17.2 Å². The van der Waals surface area contributed by atoms with Crippen LogP contribution in [0.4, 0.5) is 14.9 Å². The summed E-state index contributed by atoms with van der Waals surface area (Å²) in [6, 6.07) is 8.92. The van der Waals surface area contributed by atoms with Crippen LogP contribution in [0.3, 0.4) is 0 Å². The summed E-state index contributed by atoms with van der Waals surface area (Å²) in [5.74, 6) is -0.230. The molecule has 0 radical (unpaired) electrons. The minimum absolute atomic E-state index is 0.00263. The molecule has 2 fully saturated rings. The summed E-state index contributed by atoms with van der Waals surface area (Å²) in [6.07, 6.45) is 3.55. The van der Waals surface area contributed by atoms with Crippen molar-refractivity contribution in [2.45, 2.75) is 64.5 Å². The van der Waals surface area contributed by atoms with Gasteiger partial charge in [-0.05, 0) is 82.0 Å². The van der Waals surface area contributed by atoms with Crippen molar-refractivity contribution in [2.75, 3.05) is 18.0 Å². The largest absolute Gasteiger partial charge is 0.444 e. The number of carbonyl (C=O) groups excluding carboxylic acids is 2. The van der Waals surface area contributed by atoms with E-state index < -0.39 is 5.60 Å². The maximum Gasteiger partial charge on any atom is 0.410 e. The quantitative estimate of drug-likeness (QED) is 0.476. The van der Waals surface area contributed by atoms with Crippen LogP contribution >= 0.6 is 0 Å². The summed E-state index contributed by atoms with van der Waals surface area (Å²) in [6.45, 7) is 8.79. The van der Waals surface area contributed by atoms with Crippen LogP contribution in [-0.2, 0) is 16.6 Å². The molecule has 0 saturated carbocycles. The van der Waals surface area contributed by atoms with E-state index in [-0.39, 0.29) is 29.8 Å². The Morgan fingerprint density at radius 3 is 2.61 bits per heavy atom. The molecule has 2 saturated heterocycles. The van der Waals surface area contributed by atoms with Crippen molar-refractivity contribution in [3.8, 4) is 11.1 Å². The molecule has 36 heavy (non-hydrogen) atoms. The minimum atomic E-state index is -0.543. The number of likely N-dealkylation sites (tertiary alicyclic amines) is 1. The highest BCUT2D eigenvalue weighted by molar-refractivity contribution is 6.04. The second-order valence-corrected chi connectivity index (χ2v) is 11.0. The number of rotatable bonds is 3. The van der Waals surface area contributed by atoms with Crippen molar-refractivity contribution in [3.05, 3.63) is 47.9 Å². The predicted molar refractivity (Wildman–Crippen MR) is 137 cm³/mol. The number of carbonyl (C=O) groups is 2. The van der Waals surface area contributed by atoms with E-state index in [4.69, 9.17) is 4.74 Å². The molecular weight excluding hydrogens is 459 g/mol. The van der Waals surface area contributed by atoms with Gasteiger partial charge in [0.05, 0.1) is 17.4 Å². The van der Waals surface area contributed by atoms with E-state index in [0.29, 0.717) is 25.2 Å². The molecule has 2 aromatic carbocycles. The van der Waals surface area contributed by atoms with Crippen LogP contribution in [0.25, 0.3) is 22.0 Å². The molecular formula is C28H33FN4O3. The van der Waals surface area contributed by atoms with E-state index in [1.807, 2.05) is 45.6 Å². The number of hydrogen-bond donors (Lipinski definition) is 0. The highest BCUT2D eigenvalue weighted by Crippen LogP contribution is 2.41. The van der Waals surface area contributed by atoms with Crippen molar-refractivity contribution in [1.82, 2.24) is 14.7 Å². The fourth-order valence-corrected chi connectivity index (χ4v) is 5.38. The summed E-state index contributed by atoms with van der Waals surface area (Å²) in [5, 5.41) is 5.43. The average Bonchev–Trinajstić information content (AvgIpc) is 3.52. The monoisotopic (exact) mass is 492 g/mol. The number of fused-ring (bicyclic) bond motifs is 1. The van der Waals surface area contributed by atoms with E-state index in [1.54, 1.807) is 15.9 Å². The molecule has 7 nitrogen and oxygen atoms in total. The molecule has 8 heteroatoms. The Balaban J connectivity index is 1.57. The Bertz CT molecular complexity index is 1340. The highest BCUT2D eigenvalue weighted by Gasteiger charge is 2.33. The summed E-state index contributed by atoms with van der Waals surface area (Å²) in [4.78, 5) is 28.9. The van der Waals surface area contributed by atoms with Crippen LogP contribution in [0.1, 0.15) is 58.4 Å². The number of halogens is 1. The van der Waals surface area contributed by atoms with Crippen molar-refractivity contribution in [1.29, 1.82) is 0 Å². The number of nitrogens with zero attached hydrogens (tertiary/aromatic N) is 4. The molecule has 2 aliphatic rings. The zero-order valence-electron chi connectivity index (χ0n) is 21.5. The lowest BCUT2D eigenvalue weighted by Gasteiger charge is -2.26. The van der Waals surface area contributed by atoms with Crippen molar-refractivity contribution in [2.24, 2.45) is 7.05 Å². The van der Waals surface area contributed by atoms with Gasteiger partial charge in [-0.15, -0.1) is 0 Å². The topological polar surface area (TPSA) is 67.7 Å². The Hall–Kier alpha value is -3.42. The van der Waals surface area contributed by atoms with Gasteiger partial charge in [0.15, 0.2) is 0 Å². The average molecular weight is 493 g/mol. The molecule has 2 unspecified atom stereocenters. The van der Waals surface area contributed by atoms with E-state index in [0.717, 1.165) is 40.4 Å². The molecule has 190 valence electrons. The SMILES string of the molecule is CC1CCC(=O)N1c1cc(F)ccc1-c1cc(C2CCN(C(=O)OC(C)(C)C)C2)cc2c1cnn2C. The third-order valence-electron chi connectivity index (χ3n) is 7.20. The molecule has 0 N–H and O–H groups in total. The second-order valence-electron chi connectivity index (χ2n) is 11.0. The van der Waals surface area contributed by atoms with Crippen LogP contribution in [0.5, 0.6) is 0 Å². The number of ether oxygens (including phenoxy) is 1. The van der Waals surface area contributed by atoms with Gasteiger partial charge in [-0.1, -0.05) is 0 Å². The molecule has 0 spiro atoms. The van der Waals surface area contributed by atoms with Crippen LogP contribution in [0.15, 0.2) is 36.5 Å². The van der Waals surface area contributed by atoms with Gasteiger partial charge in [0.2, 0.25) is 5.91 Å². The number of aromatic nitrogens is 2. The first-order valence-electron chi connectivity index (χ1n) is 12.6. The second kappa shape index (κ2) is 8.91. The van der Waals surface area contributed by atoms with Crippen LogP contribution in [0.2, 0.25) is 0 Å². The Kier molecular flexibility index (Phi) is 6.01. The molecule has 3 heterocycles. The number of amides is 2. The predicted octanol–water partition coefficient (Wildman–Crippen LogP) is 5.62. The van der Waals surface area contributed by atoms with Gasteiger partial charge in [0.1, 0.15) is 11.4 Å². The lowest BCUT2D eigenvalue weighted by molar-refractivity contribution is -0.117. The van der Waals surface area contributed by atoms with Crippen LogP contribution in [0, 0.1) is 5.82 Å². The fraction of sp³-hybridized carbons (Fsp3) is 0.464. The van der Waals surface area contributed by atoms with Gasteiger partial charge in [-0.25, -0.2) is 9.18 Å². The fourth-order valence-electron chi connectivity index (χ4n) is 5.38. The third kappa shape index (κ3) is 4.45. The normalized spacial score (nSPS) is 20.6. The number of benzene rings is 2. The third-order valence-corrected chi connectivity index (χ3v) is 7.20. The van der Waals surface area contributed by atoms with Crippen molar-refractivity contribution in [3.63, 3.8) is 0 Å². The van der Waals surface area contributed by atoms with Crippen LogP contribution < -0.4 is 4.90 Å². The standard InChI is InChI=1S/C28H33FN4O3/c1-17-6-9-26(34)33(17)25-14-20(29)7-8-21(25)22-12-19(13-24-23(22)15-30-31(24)5)18-10-11-32(16-18)27(35)36-28(2,3)4/h7-8,12-15,17-18H,6,9-11,16H2,1-5H3. The first-order valence-corrected chi connectivity index (χ1v) is 12.6. The van der Waals surface area contributed by atoms with Gasteiger partial charge in [0.25, 0.3) is 0 Å². The molecule has 0 bridgehead atoms. The Labute approximate surface area is 210 Å². The van der Waals surface area contributed by atoms with Gasteiger partial charge >= 0.3 is 6.09 Å². The van der Waals surface area contributed by atoms with Crippen LogP contribution in [-0.4, -0.2) is 51.4 Å².